The highest BCUT2D eigenvalue weighted by Crippen LogP contribution is 2.27. The molecule has 2 rings (SSSR count). The number of aromatic nitrogens is 1. The van der Waals surface area contributed by atoms with Crippen LogP contribution in [0.3, 0.4) is 0 Å². The summed E-state index contributed by atoms with van der Waals surface area (Å²) < 4.78 is 0. The van der Waals surface area contributed by atoms with Gasteiger partial charge in [0, 0.05) is 17.1 Å². The number of aryl methyl sites for hydroxylation is 1. The van der Waals surface area contributed by atoms with Gasteiger partial charge in [-0.1, -0.05) is 13.8 Å². The van der Waals surface area contributed by atoms with E-state index in [9.17, 15) is 0 Å². The lowest BCUT2D eigenvalue weighted by Gasteiger charge is -2.08. The van der Waals surface area contributed by atoms with Crippen molar-refractivity contribution in [3.05, 3.63) is 23.0 Å². The Kier molecular flexibility index (Phi) is 2.18. The monoisotopic (exact) mass is 181 g/mol. The van der Waals surface area contributed by atoms with Crippen molar-refractivity contribution in [2.24, 2.45) is 0 Å². The Balaban J connectivity index is 2.32. The average molecular weight is 181 g/mol. The minimum atomic E-state index is 0.639. The van der Waals surface area contributed by atoms with E-state index in [1.165, 1.54) is 34.9 Å². The molecule has 1 aromatic rings. The Hall–Kier alpha value is -0.370. The van der Waals surface area contributed by atoms with Crippen LogP contribution >= 0.6 is 11.8 Å². The van der Waals surface area contributed by atoms with E-state index in [2.05, 4.69) is 24.9 Å². The van der Waals surface area contributed by atoms with Crippen LogP contribution in [0.2, 0.25) is 0 Å². The normalized spacial score (nSPS) is 16.6. The maximum absolute atomic E-state index is 3.52. The zero-order valence-corrected chi connectivity index (χ0v) is 8.50. The summed E-state index contributed by atoms with van der Waals surface area (Å²) in [5.41, 5.74) is 4.43. The standard InChI is InChI=1S/C10H15NS/c1-7(2)10-5-8-6-12-4-3-9(8)11-10/h5,7,11H,3-4,6H2,1-2H3. The first kappa shape index (κ1) is 8.24. The number of nitrogens with one attached hydrogen (secondary N) is 1. The van der Waals surface area contributed by atoms with Crippen molar-refractivity contribution in [3.63, 3.8) is 0 Å². The lowest BCUT2D eigenvalue weighted by atomic mass is 10.1. The number of aromatic amines is 1. The molecule has 0 saturated carbocycles. The first-order valence-electron chi connectivity index (χ1n) is 4.56. The third kappa shape index (κ3) is 1.40. The molecule has 66 valence electrons. The number of fused-ring (bicyclic) bond motifs is 1. The summed E-state index contributed by atoms with van der Waals surface area (Å²) in [6.07, 6.45) is 1.23. The quantitative estimate of drug-likeness (QED) is 0.704. The minimum absolute atomic E-state index is 0.639. The molecule has 0 atom stereocenters. The Morgan fingerprint density at radius 2 is 2.33 bits per heavy atom. The molecule has 1 aromatic heterocycles. The van der Waals surface area contributed by atoms with Crippen LogP contribution in [0.4, 0.5) is 0 Å². The van der Waals surface area contributed by atoms with Crippen LogP contribution in [0, 0.1) is 0 Å². The van der Waals surface area contributed by atoms with Crippen molar-refractivity contribution in [1.82, 2.24) is 4.98 Å². The molecule has 1 N–H and O–H groups in total. The number of hydrogen-bond donors (Lipinski definition) is 1. The minimum Gasteiger partial charge on any atom is -0.362 e. The van der Waals surface area contributed by atoms with E-state index in [-0.39, 0.29) is 0 Å². The molecule has 2 heteroatoms. The second-order valence-electron chi connectivity index (χ2n) is 3.69. The molecule has 1 aliphatic rings. The molecule has 0 aromatic carbocycles. The smallest absolute Gasteiger partial charge is 0.0202 e. The molecule has 12 heavy (non-hydrogen) atoms. The van der Waals surface area contributed by atoms with Crippen LogP contribution in [0.15, 0.2) is 6.07 Å². The Bertz CT molecular complexity index is 252. The SMILES string of the molecule is CC(C)c1cc2c([nH]1)CCSC2. The molecule has 0 fully saturated rings. The second-order valence-corrected chi connectivity index (χ2v) is 4.79. The van der Waals surface area contributed by atoms with E-state index in [1.807, 2.05) is 11.8 Å². The molecule has 0 amide bonds. The first-order chi connectivity index (χ1) is 5.77. The van der Waals surface area contributed by atoms with Gasteiger partial charge in [-0.3, -0.25) is 0 Å². The predicted molar refractivity (Wildman–Crippen MR) is 54.7 cm³/mol. The van der Waals surface area contributed by atoms with Crippen molar-refractivity contribution in [2.75, 3.05) is 5.75 Å². The molecule has 0 unspecified atom stereocenters. The largest absolute Gasteiger partial charge is 0.362 e. The number of thioether (sulfide) groups is 1. The van der Waals surface area contributed by atoms with Crippen molar-refractivity contribution in [3.8, 4) is 0 Å². The third-order valence-corrected chi connectivity index (χ3v) is 3.40. The maximum atomic E-state index is 3.52. The van der Waals surface area contributed by atoms with Crippen molar-refractivity contribution in [2.45, 2.75) is 31.9 Å². The van der Waals surface area contributed by atoms with Crippen LogP contribution in [-0.4, -0.2) is 10.7 Å². The van der Waals surface area contributed by atoms with Gasteiger partial charge >= 0.3 is 0 Å². The molecule has 0 radical (unpaired) electrons. The van der Waals surface area contributed by atoms with E-state index in [0.29, 0.717) is 5.92 Å². The Morgan fingerprint density at radius 3 is 3.00 bits per heavy atom. The highest BCUT2D eigenvalue weighted by atomic mass is 32.2. The predicted octanol–water partition coefficient (Wildman–Crippen LogP) is 2.93. The number of hydrogen-bond acceptors (Lipinski definition) is 1. The lowest BCUT2D eigenvalue weighted by molar-refractivity contribution is 0.823. The summed E-state index contributed by atoms with van der Waals surface area (Å²) in [6, 6.07) is 2.34. The Morgan fingerprint density at radius 1 is 1.50 bits per heavy atom. The van der Waals surface area contributed by atoms with Gasteiger partial charge in [0.2, 0.25) is 0 Å². The Labute approximate surface area is 77.9 Å². The zero-order valence-electron chi connectivity index (χ0n) is 7.68. The summed E-state index contributed by atoms with van der Waals surface area (Å²) in [5, 5.41) is 0. The van der Waals surface area contributed by atoms with Gasteiger partial charge in [0.25, 0.3) is 0 Å². The van der Waals surface area contributed by atoms with Crippen LogP contribution < -0.4 is 0 Å². The van der Waals surface area contributed by atoms with Gasteiger partial charge in [-0.15, -0.1) is 0 Å². The van der Waals surface area contributed by atoms with E-state index >= 15 is 0 Å². The van der Waals surface area contributed by atoms with Crippen LogP contribution in [-0.2, 0) is 12.2 Å². The van der Waals surface area contributed by atoms with Crippen LogP contribution in [0.25, 0.3) is 0 Å². The van der Waals surface area contributed by atoms with E-state index in [4.69, 9.17) is 0 Å². The van der Waals surface area contributed by atoms with Gasteiger partial charge < -0.3 is 4.98 Å². The molecule has 2 heterocycles. The van der Waals surface area contributed by atoms with Gasteiger partial charge in [-0.05, 0) is 29.7 Å². The van der Waals surface area contributed by atoms with Gasteiger partial charge in [0.05, 0.1) is 0 Å². The second kappa shape index (κ2) is 3.17. The highest BCUT2D eigenvalue weighted by Gasteiger charge is 2.13. The summed E-state index contributed by atoms with van der Waals surface area (Å²) >= 11 is 2.04. The maximum Gasteiger partial charge on any atom is 0.0202 e. The van der Waals surface area contributed by atoms with Gasteiger partial charge in [0.15, 0.2) is 0 Å². The van der Waals surface area contributed by atoms with E-state index in [0.717, 1.165) is 0 Å². The van der Waals surface area contributed by atoms with Crippen molar-refractivity contribution < 1.29 is 0 Å². The van der Waals surface area contributed by atoms with E-state index < -0.39 is 0 Å². The fourth-order valence-corrected chi connectivity index (χ4v) is 2.55. The lowest BCUT2D eigenvalue weighted by Crippen LogP contribution is -1.99. The highest BCUT2D eigenvalue weighted by molar-refractivity contribution is 7.98. The number of H-pyrrole nitrogens is 1. The van der Waals surface area contributed by atoms with Crippen LogP contribution in [0.1, 0.15) is 36.7 Å². The molecule has 1 nitrogen and oxygen atoms in total. The fourth-order valence-electron chi connectivity index (χ4n) is 1.58. The van der Waals surface area contributed by atoms with Gasteiger partial charge in [0.1, 0.15) is 0 Å². The van der Waals surface area contributed by atoms with Gasteiger partial charge in [-0.25, -0.2) is 0 Å². The van der Waals surface area contributed by atoms with Crippen molar-refractivity contribution in [1.29, 1.82) is 0 Å². The molecule has 0 aliphatic carbocycles. The fraction of sp³-hybridized carbons (Fsp3) is 0.600. The summed E-state index contributed by atoms with van der Waals surface area (Å²) in [7, 11) is 0. The zero-order chi connectivity index (χ0) is 8.55. The third-order valence-electron chi connectivity index (χ3n) is 2.39. The molecule has 0 saturated heterocycles. The summed E-state index contributed by atoms with van der Waals surface area (Å²) in [4.78, 5) is 3.52. The average Bonchev–Trinajstić information content (AvgIpc) is 2.46. The summed E-state index contributed by atoms with van der Waals surface area (Å²) in [5.74, 6) is 3.13. The molecule has 0 spiro atoms. The first-order valence-corrected chi connectivity index (χ1v) is 5.71. The van der Waals surface area contributed by atoms with Crippen molar-refractivity contribution >= 4 is 11.8 Å². The molecular weight excluding hydrogens is 166 g/mol. The van der Waals surface area contributed by atoms with Crippen LogP contribution in [0.5, 0.6) is 0 Å². The van der Waals surface area contributed by atoms with Gasteiger partial charge in [-0.2, -0.15) is 11.8 Å². The topological polar surface area (TPSA) is 15.8 Å². The molecule has 1 aliphatic heterocycles. The molecule has 0 bridgehead atoms. The number of rotatable bonds is 1. The summed E-state index contributed by atoms with van der Waals surface area (Å²) in [6.45, 7) is 4.48. The molecular formula is C10H15NS. The van der Waals surface area contributed by atoms with E-state index in [1.54, 1.807) is 0 Å².